The summed E-state index contributed by atoms with van der Waals surface area (Å²) in [6.45, 7) is 3.38. The quantitative estimate of drug-likeness (QED) is 0.771. The first-order valence-electron chi connectivity index (χ1n) is 6.01. The fourth-order valence-electron chi connectivity index (χ4n) is 1.53. The molecule has 0 spiro atoms. The van der Waals surface area contributed by atoms with Gasteiger partial charge in [-0.05, 0) is 19.1 Å². The fraction of sp³-hybridized carbons (Fsp3) is 0.385. The molecule has 0 unspecified atom stereocenters. The highest BCUT2D eigenvalue weighted by Crippen LogP contribution is 2.14. The van der Waals surface area contributed by atoms with Gasteiger partial charge in [-0.1, -0.05) is 0 Å². The van der Waals surface area contributed by atoms with E-state index in [0.717, 1.165) is 5.76 Å². The number of ether oxygens (including phenoxy) is 2. The van der Waals surface area contributed by atoms with Crippen molar-refractivity contribution >= 4 is 5.82 Å². The normalized spacial score (nSPS) is 10.4. The van der Waals surface area contributed by atoms with Gasteiger partial charge >= 0.3 is 0 Å². The van der Waals surface area contributed by atoms with E-state index in [2.05, 4.69) is 15.3 Å². The van der Waals surface area contributed by atoms with Crippen molar-refractivity contribution in [2.24, 2.45) is 0 Å². The highest BCUT2D eigenvalue weighted by atomic mass is 16.5. The van der Waals surface area contributed by atoms with Crippen LogP contribution in [0.1, 0.15) is 11.6 Å². The lowest BCUT2D eigenvalue weighted by Crippen LogP contribution is -2.08. The van der Waals surface area contributed by atoms with Crippen molar-refractivity contribution in [3.8, 4) is 5.88 Å². The van der Waals surface area contributed by atoms with E-state index >= 15 is 0 Å². The predicted molar refractivity (Wildman–Crippen MR) is 70.2 cm³/mol. The van der Waals surface area contributed by atoms with Crippen LogP contribution in [0, 0.1) is 6.92 Å². The van der Waals surface area contributed by atoms with Crippen molar-refractivity contribution in [2.75, 3.05) is 25.6 Å². The maximum atomic E-state index is 5.47. The van der Waals surface area contributed by atoms with Crippen LogP contribution in [0.3, 0.4) is 0 Å². The Morgan fingerprint density at radius 2 is 2.21 bits per heavy atom. The molecule has 6 heteroatoms. The molecule has 0 saturated heterocycles. The maximum Gasteiger partial charge on any atom is 0.218 e. The smallest absolute Gasteiger partial charge is 0.218 e. The van der Waals surface area contributed by atoms with Crippen LogP contribution in [-0.4, -0.2) is 30.3 Å². The summed E-state index contributed by atoms with van der Waals surface area (Å²) in [5, 5.41) is 3.16. The van der Waals surface area contributed by atoms with Gasteiger partial charge in [0.25, 0.3) is 0 Å². The molecule has 1 N–H and O–H groups in total. The first-order chi connectivity index (χ1) is 9.28. The van der Waals surface area contributed by atoms with Gasteiger partial charge in [-0.15, -0.1) is 0 Å². The summed E-state index contributed by atoms with van der Waals surface area (Å²) in [5.74, 6) is 2.73. The van der Waals surface area contributed by atoms with Gasteiger partial charge in [-0.2, -0.15) is 4.98 Å². The number of hydrogen-bond acceptors (Lipinski definition) is 6. The lowest BCUT2D eigenvalue weighted by molar-refractivity contribution is 0.143. The van der Waals surface area contributed by atoms with Crippen molar-refractivity contribution in [3.05, 3.63) is 36.0 Å². The van der Waals surface area contributed by atoms with E-state index in [9.17, 15) is 0 Å². The number of aromatic nitrogens is 2. The van der Waals surface area contributed by atoms with Crippen LogP contribution in [0.4, 0.5) is 5.82 Å². The Bertz CT molecular complexity index is 500. The Labute approximate surface area is 111 Å². The topological polar surface area (TPSA) is 69.4 Å². The van der Waals surface area contributed by atoms with Crippen LogP contribution in [0.2, 0.25) is 0 Å². The fourth-order valence-corrected chi connectivity index (χ4v) is 1.53. The summed E-state index contributed by atoms with van der Waals surface area (Å²) in [6, 6.07) is 5.50. The minimum Gasteiger partial charge on any atom is -0.475 e. The number of aryl methyl sites for hydroxylation is 1. The zero-order chi connectivity index (χ0) is 13.5. The van der Waals surface area contributed by atoms with Gasteiger partial charge in [0.1, 0.15) is 24.0 Å². The van der Waals surface area contributed by atoms with Crippen molar-refractivity contribution in [2.45, 2.75) is 13.5 Å². The summed E-state index contributed by atoms with van der Waals surface area (Å²) in [4.78, 5) is 8.48. The standard InChI is InChI=1S/C13H17N3O3/c1-10-15-12(14-9-11-4-3-5-18-11)8-13(16-10)19-7-6-17-2/h3-5,8H,6-7,9H2,1-2H3,(H,14,15,16). The molecule has 2 aromatic heterocycles. The SMILES string of the molecule is COCCOc1cc(NCc2ccco2)nc(C)n1. The second-order valence-corrected chi connectivity index (χ2v) is 3.91. The molecule has 0 aliphatic rings. The number of anilines is 1. The molecule has 0 aromatic carbocycles. The number of rotatable bonds is 7. The van der Waals surface area contributed by atoms with Gasteiger partial charge in [0, 0.05) is 13.2 Å². The molecule has 6 nitrogen and oxygen atoms in total. The third kappa shape index (κ3) is 4.26. The number of nitrogens with zero attached hydrogens (tertiary/aromatic N) is 2. The van der Waals surface area contributed by atoms with Gasteiger partial charge in [0.2, 0.25) is 5.88 Å². The Morgan fingerprint density at radius 1 is 1.32 bits per heavy atom. The second kappa shape index (κ2) is 6.75. The zero-order valence-corrected chi connectivity index (χ0v) is 11.0. The highest BCUT2D eigenvalue weighted by Gasteiger charge is 2.03. The van der Waals surface area contributed by atoms with E-state index in [-0.39, 0.29) is 0 Å². The van der Waals surface area contributed by atoms with Gasteiger partial charge in [-0.3, -0.25) is 0 Å². The molecule has 0 radical (unpaired) electrons. The molecule has 0 fully saturated rings. The van der Waals surface area contributed by atoms with E-state index in [4.69, 9.17) is 13.9 Å². The highest BCUT2D eigenvalue weighted by molar-refractivity contribution is 5.38. The minimum absolute atomic E-state index is 0.463. The molecule has 2 rings (SSSR count). The largest absolute Gasteiger partial charge is 0.475 e. The lowest BCUT2D eigenvalue weighted by Gasteiger charge is -2.08. The molecular formula is C13H17N3O3. The van der Waals surface area contributed by atoms with Gasteiger partial charge in [0.05, 0.1) is 19.4 Å². The van der Waals surface area contributed by atoms with Gasteiger partial charge in [-0.25, -0.2) is 4.98 Å². The second-order valence-electron chi connectivity index (χ2n) is 3.91. The molecule has 0 bridgehead atoms. The average Bonchev–Trinajstić information content (AvgIpc) is 2.89. The number of furan rings is 1. The molecule has 2 heterocycles. The molecule has 2 aromatic rings. The molecule has 0 saturated carbocycles. The monoisotopic (exact) mass is 263 g/mol. The van der Waals surface area contributed by atoms with Crippen LogP contribution in [-0.2, 0) is 11.3 Å². The van der Waals surface area contributed by atoms with E-state index in [1.54, 1.807) is 19.4 Å². The summed E-state index contributed by atoms with van der Waals surface area (Å²) in [5.41, 5.74) is 0. The lowest BCUT2D eigenvalue weighted by atomic mass is 10.4. The molecule has 0 amide bonds. The molecule has 0 aliphatic carbocycles. The van der Waals surface area contributed by atoms with Crippen LogP contribution >= 0.6 is 0 Å². The zero-order valence-electron chi connectivity index (χ0n) is 11.0. The van der Waals surface area contributed by atoms with Crippen molar-refractivity contribution in [3.63, 3.8) is 0 Å². The third-order valence-corrected chi connectivity index (χ3v) is 2.38. The molecule has 19 heavy (non-hydrogen) atoms. The van der Waals surface area contributed by atoms with Gasteiger partial charge in [0.15, 0.2) is 0 Å². The predicted octanol–water partition coefficient (Wildman–Crippen LogP) is 2.02. The first-order valence-corrected chi connectivity index (χ1v) is 6.01. The van der Waals surface area contributed by atoms with Gasteiger partial charge < -0.3 is 19.2 Å². The molecular weight excluding hydrogens is 246 g/mol. The van der Waals surface area contributed by atoms with E-state index in [0.29, 0.717) is 37.3 Å². The minimum atomic E-state index is 0.463. The molecule has 102 valence electrons. The Hall–Kier alpha value is -2.08. The van der Waals surface area contributed by atoms with E-state index in [1.165, 1.54) is 0 Å². The third-order valence-electron chi connectivity index (χ3n) is 2.38. The average molecular weight is 263 g/mol. The Morgan fingerprint density at radius 3 is 2.95 bits per heavy atom. The Balaban J connectivity index is 1.95. The number of hydrogen-bond donors (Lipinski definition) is 1. The van der Waals surface area contributed by atoms with Crippen molar-refractivity contribution in [1.29, 1.82) is 0 Å². The van der Waals surface area contributed by atoms with Crippen molar-refractivity contribution in [1.82, 2.24) is 9.97 Å². The number of methoxy groups -OCH3 is 1. The van der Waals surface area contributed by atoms with E-state index < -0.39 is 0 Å². The maximum absolute atomic E-state index is 5.47. The Kier molecular flexibility index (Phi) is 4.74. The van der Waals surface area contributed by atoms with Crippen LogP contribution < -0.4 is 10.1 Å². The van der Waals surface area contributed by atoms with Crippen LogP contribution in [0.25, 0.3) is 0 Å². The van der Waals surface area contributed by atoms with E-state index in [1.807, 2.05) is 19.1 Å². The van der Waals surface area contributed by atoms with Crippen LogP contribution in [0.5, 0.6) is 5.88 Å². The first kappa shape index (κ1) is 13.4. The number of nitrogens with one attached hydrogen (secondary N) is 1. The summed E-state index contributed by atoms with van der Waals surface area (Å²) >= 11 is 0. The summed E-state index contributed by atoms with van der Waals surface area (Å²) in [7, 11) is 1.63. The summed E-state index contributed by atoms with van der Waals surface area (Å²) < 4.78 is 15.6. The molecule has 0 aliphatic heterocycles. The molecule has 0 atom stereocenters. The van der Waals surface area contributed by atoms with Crippen LogP contribution in [0.15, 0.2) is 28.9 Å². The summed E-state index contributed by atoms with van der Waals surface area (Å²) in [6.07, 6.45) is 1.64. The van der Waals surface area contributed by atoms with Crippen molar-refractivity contribution < 1.29 is 13.9 Å².